The highest BCUT2D eigenvalue weighted by molar-refractivity contribution is 9.10. The van der Waals surface area contributed by atoms with E-state index in [0.717, 1.165) is 5.69 Å². The number of benzene rings is 1. The van der Waals surface area contributed by atoms with Crippen molar-refractivity contribution in [2.24, 2.45) is 4.99 Å². The molecule has 0 unspecified atom stereocenters. The minimum Gasteiger partial charge on any atom is -0.497 e. The molecule has 12 heteroatoms. The molecule has 0 aliphatic carbocycles. The fourth-order valence-corrected chi connectivity index (χ4v) is 6.45. The average molecular weight is 628 g/mol. The Kier molecular flexibility index (Phi) is 7.87. The lowest BCUT2D eigenvalue weighted by Crippen LogP contribution is -2.39. The van der Waals surface area contributed by atoms with Gasteiger partial charge in [0.2, 0.25) is 0 Å². The van der Waals surface area contributed by atoms with E-state index >= 15 is 0 Å². The first-order chi connectivity index (χ1) is 18.8. The van der Waals surface area contributed by atoms with Crippen LogP contribution in [0.2, 0.25) is 0 Å². The number of thiazole rings is 1. The van der Waals surface area contributed by atoms with E-state index in [9.17, 15) is 9.59 Å². The van der Waals surface area contributed by atoms with Gasteiger partial charge >= 0.3 is 5.97 Å². The highest BCUT2D eigenvalue weighted by Crippen LogP contribution is 2.35. The average Bonchev–Trinajstić information content (AvgIpc) is 3.41. The van der Waals surface area contributed by atoms with Crippen molar-refractivity contribution in [3.05, 3.63) is 95.0 Å². The Morgan fingerprint density at radius 1 is 1.28 bits per heavy atom. The van der Waals surface area contributed by atoms with E-state index in [1.165, 1.54) is 27.7 Å². The molecule has 0 saturated heterocycles. The van der Waals surface area contributed by atoms with Crippen LogP contribution >= 0.6 is 39.0 Å². The van der Waals surface area contributed by atoms with Gasteiger partial charge in [-0.05, 0) is 78.3 Å². The largest absolute Gasteiger partial charge is 0.497 e. The maximum absolute atomic E-state index is 13.8. The van der Waals surface area contributed by atoms with Gasteiger partial charge in [-0.15, -0.1) is 0 Å². The molecular formula is C27H23BrN4O5S2. The molecule has 0 N–H and O–H groups in total. The van der Waals surface area contributed by atoms with E-state index in [-0.39, 0.29) is 12.2 Å². The van der Waals surface area contributed by atoms with Crippen LogP contribution in [0.1, 0.15) is 36.9 Å². The SMILES string of the molecule is CCOC(=O)C1=C(C)N=c2s/c(=C/c3cc(Br)c(Sc4nccc(C)n4)o3)c(=O)n2[C@@H]1c1cccc(OC)c1. The topological polar surface area (TPSA) is 109 Å². The number of hydrogen-bond acceptors (Lipinski definition) is 10. The lowest BCUT2D eigenvalue weighted by Gasteiger charge is -2.24. The molecule has 1 aliphatic rings. The third-order valence-corrected chi connectivity index (χ3v) is 8.53. The Balaban J connectivity index is 1.61. The molecule has 1 atom stereocenters. The van der Waals surface area contributed by atoms with Crippen molar-refractivity contribution in [2.75, 3.05) is 13.7 Å². The number of aromatic nitrogens is 3. The van der Waals surface area contributed by atoms with Crippen molar-refractivity contribution < 1.29 is 18.7 Å². The second-order valence-corrected chi connectivity index (χ2v) is 11.2. The Hall–Kier alpha value is -3.48. The lowest BCUT2D eigenvalue weighted by molar-refractivity contribution is -0.139. The van der Waals surface area contributed by atoms with Crippen molar-refractivity contribution in [1.82, 2.24) is 14.5 Å². The number of carbonyl (C=O) groups excluding carboxylic acids is 1. The molecule has 200 valence electrons. The smallest absolute Gasteiger partial charge is 0.338 e. The number of fused-ring (bicyclic) bond motifs is 1. The van der Waals surface area contributed by atoms with Gasteiger partial charge in [0.05, 0.1) is 40.0 Å². The van der Waals surface area contributed by atoms with Crippen LogP contribution in [0.4, 0.5) is 0 Å². The van der Waals surface area contributed by atoms with E-state index in [1.54, 1.807) is 51.4 Å². The van der Waals surface area contributed by atoms with E-state index in [1.807, 2.05) is 25.1 Å². The summed E-state index contributed by atoms with van der Waals surface area (Å²) in [5, 5.41) is 1.12. The molecule has 0 spiro atoms. The second kappa shape index (κ2) is 11.3. The number of furan rings is 1. The Bertz CT molecular complexity index is 1790. The first-order valence-corrected chi connectivity index (χ1v) is 14.3. The molecule has 4 heterocycles. The Morgan fingerprint density at radius 3 is 2.85 bits per heavy atom. The summed E-state index contributed by atoms with van der Waals surface area (Å²) in [5.74, 6) is 0.563. The third-order valence-electron chi connectivity index (χ3n) is 5.83. The van der Waals surface area contributed by atoms with Crippen molar-refractivity contribution in [3.63, 3.8) is 0 Å². The van der Waals surface area contributed by atoms with Gasteiger partial charge in [-0.25, -0.2) is 19.8 Å². The summed E-state index contributed by atoms with van der Waals surface area (Å²) in [6.07, 6.45) is 3.36. The van der Waals surface area contributed by atoms with Crippen molar-refractivity contribution in [1.29, 1.82) is 0 Å². The zero-order chi connectivity index (χ0) is 27.7. The number of esters is 1. The number of allylic oxidation sites excluding steroid dienone is 1. The van der Waals surface area contributed by atoms with Gasteiger partial charge in [0, 0.05) is 18.0 Å². The second-order valence-electron chi connectivity index (χ2n) is 8.45. The number of halogens is 1. The van der Waals surface area contributed by atoms with E-state index in [0.29, 0.717) is 52.4 Å². The molecule has 3 aromatic heterocycles. The van der Waals surface area contributed by atoms with Gasteiger partial charge in [0.25, 0.3) is 5.56 Å². The fraction of sp³-hybridized carbons (Fsp3) is 0.222. The molecule has 0 bridgehead atoms. The Labute approximate surface area is 240 Å². The number of methoxy groups -OCH3 is 1. The number of rotatable bonds is 7. The zero-order valence-electron chi connectivity index (χ0n) is 21.4. The van der Waals surface area contributed by atoms with Crippen LogP contribution in [0.25, 0.3) is 6.08 Å². The van der Waals surface area contributed by atoms with Gasteiger partial charge in [-0.1, -0.05) is 23.5 Å². The van der Waals surface area contributed by atoms with Crippen LogP contribution in [0.3, 0.4) is 0 Å². The summed E-state index contributed by atoms with van der Waals surface area (Å²) >= 11 is 6.02. The monoisotopic (exact) mass is 626 g/mol. The van der Waals surface area contributed by atoms with Crippen molar-refractivity contribution in [2.45, 2.75) is 37.1 Å². The van der Waals surface area contributed by atoms with Crippen molar-refractivity contribution in [3.8, 4) is 5.75 Å². The summed E-state index contributed by atoms with van der Waals surface area (Å²) < 4.78 is 19.4. The number of hydrogen-bond donors (Lipinski definition) is 0. The fourth-order valence-electron chi connectivity index (χ4n) is 4.12. The highest BCUT2D eigenvalue weighted by Gasteiger charge is 2.33. The quantitative estimate of drug-likeness (QED) is 0.219. The van der Waals surface area contributed by atoms with Crippen LogP contribution in [-0.4, -0.2) is 34.2 Å². The summed E-state index contributed by atoms with van der Waals surface area (Å²) in [7, 11) is 1.57. The summed E-state index contributed by atoms with van der Waals surface area (Å²) in [5.41, 5.74) is 2.05. The molecule has 4 aromatic rings. The highest BCUT2D eigenvalue weighted by atomic mass is 79.9. The van der Waals surface area contributed by atoms with Crippen molar-refractivity contribution >= 4 is 51.1 Å². The first kappa shape index (κ1) is 27.1. The molecule has 1 aromatic carbocycles. The molecule has 0 radical (unpaired) electrons. The summed E-state index contributed by atoms with van der Waals surface area (Å²) in [6.45, 7) is 5.58. The standard InChI is InChI=1S/C27H23BrN4O5S2/c1-5-36-24(34)21-15(3)31-27-32(22(21)16-7-6-8-17(11-16)35-4)23(33)20(38-27)13-18-12-19(28)25(37-18)39-26-29-10-9-14(2)30-26/h6-13,22H,5H2,1-4H3/b20-13+/t22-/m1/s1. The van der Waals surface area contributed by atoms with Gasteiger partial charge in [-0.3, -0.25) is 9.36 Å². The number of carbonyl (C=O) groups is 1. The van der Waals surface area contributed by atoms with Gasteiger partial charge in [0.1, 0.15) is 11.5 Å². The van der Waals surface area contributed by atoms with Gasteiger partial charge in [0.15, 0.2) is 15.1 Å². The van der Waals surface area contributed by atoms with Gasteiger partial charge in [-0.2, -0.15) is 0 Å². The maximum Gasteiger partial charge on any atom is 0.338 e. The molecular weight excluding hydrogens is 604 g/mol. The number of nitrogens with zero attached hydrogens (tertiary/aromatic N) is 4. The van der Waals surface area contributed by atoms with E-state index < -0.39 is 12.0 Å². The van der Waals surface area contributed by atoms with Crippen LogP contribution in [0.15, 0.2) is 82.8 Å². The minimum absolute atomic E-state index is 0.201. The Morgan fingerprint density at radius 2 is 2.10 bits per heavy atom. The number of ether oxygens (including phenoxy) is 2. The molecule has 0 amide bonds. The molecule has 1 aliphatic heterocycles. The third kappa shape index (κ3) is 5.49. The molecule has 39 heavy (non-hydrogen) atoms. The zero-order valence-corrected chi connectivity index (χ0v) is 24.6. The van der Waals surface area contributed by atoms with Crippen LogP contribution in [0.5, 0.6) is 5.75 Å². The first-order valence-electron chi connectivity index (χ1n) is 11.9. The van der Waals surface area contributed by atoms with Crippen LogP contribution in [-0.2, 0) is 9.53 Å². The lowest BCUT2D eigenvalue weighted by atomic mass is 9.95. The summed E-state index contributed by atoms with van der Waals surface area (Å²) in [6, 6.07) is 10.2. The predicted molar refractivity (Wildman–Crippen MR) is 151 cm³/mol. The summed E-state index contributed by atoms with van der Waals surface area (Å²) in [4.78, 5) is 40.6. The molecule has 0 fully saturated rings. The van der Waals surface area contributed by atoms with Gasteiger partial charge < -0.3 is 13.9 Å². The van der Waals surface area contributed by atoms with E-state index in [2.05, 4.69) is 30.9 Å². The van der Waals surface area contributed by atoms with E-state index in [4.69, 9.17) is 13.9 Å². The van der Waals surface area contributed by atoms with Crippen LogP contribution in [0, 0.1) is 6.92 Å². The number of aryl methyl sites for hydroxylation is 1. The molecule has 9 nitrogen and oxygen atoms in total. The molecule has 5 rings (SSSR count). The normalized spacial score (nSPS) is 15.2. The maximum atomic E-state index is 13.8. The van der Waals surface area contributed by atoms with Crippen LogP contribution < -0.4 is 19.6 Å². The predicted octanol–water partition coefficient (Wildman–Crippen LogP) is 4.41. The molecule has 0 saturated carbocycles. The minimum atomic E-state index is -0.731.